The van der Waals surface area contributed by atoms with Gasteiger partial charge in [-0.25, -0.2) is 5.21 Å². The zero-order chi connectivity index (χ0) is 4.41. The fraction of sp³-hybridized carbons (Fsp3) is 0. The van der Waals surface area contributed by atoms with E-state index in [4.69, 9.17) is 0 Å². The average molecular weight is 141 g/mol. The van der Waals surface area contributed by atoms with E-state index < -0.39 is 0 Å². The summed E-state index contributed by atoms with van der Waals surface area (Å²) in [6, 6.07) is 0. The van der Waals surface area contributed by atoms with Crippen LogP contribution in [0, 0.1) is 4.64 Å². The molecule has 1 heterocycles. The number of H-pyrrole nitrogens is 2. The van der Waals surface area contributed by atoms with Crippen molar-refractivity contribution in [3.8, 4) is 0 Å². The Morgan fingerprint density at radius 2 is 2.57 bits per heavy atom. The fourth-order valence-electron chi connectivity index (χ4n) is 0.211. The van der Waals surface area contributed by atoms with Crippen LogP contribution in [0.5, 0.6) is 0 Å². The van der Waals surface area contributed by atoms with Gasteiger partial charge in [0.05, 0.1) is 6.20 Å². The first-order valence-corrected chi connectivity index (χ1v) is 1.88. The van der Waals surface area contributed by atoms with Crippen molar-refractivity contribution in [1.29, 1.82) is 0 Å². The molecular formula is C2H4KN3S. The van der Waals surface area contributed by atoms with Gasteiger partial charge in [0, 0.05) is 0 Å². The molecule has 3 nitrogen and oxygen atoms in total. The maximum absolute atomic E-state index is 4.60. The van der Waals surface area contributed by atoms with Gasteiger partial charge >= 0.3 is 51.4 Å². The quantitative estimate of drug-likeness (QED) is 0.312. The number of hydrogen-bond donors (Lipinski definition) is 2. The molecule has 0 aliphatic rings. The van der Waals surface area contributed by atoms with Crippen LogP contribution in [0.15, 0.2) is 6.20 Å². The van der Waals surface area contributed by atoms with E-state index in [1.165, 1.54) is 6.20 Å². The topological polar surface area (TPSA) is 44.5 Å². The summed E-state index contributed by atoms with van der Waals surface area (Å²) in [6.45, 7) is 0. The van der Waals surface area contributed by atoms with Gasteiger partial charge in [-0.15, -0.1) is 0 Å². The normalized spacial score (nSPS) is 7.43. The van der Waals surface area contributed by atoms with E-state index in [1.54, 1.807) is 0 Å². The Balaban J connectivity index is 0. The summed E-state index contributed by atoms with van der Waals surface area (Å²) in [5.41, 5.74) is 0. The van der Waals surface area contributed by atoms with Gasteiger partial charge in [-0.1, -0.05) is 12.2 Å². The third-order valence-electron chi connectivity index (χ3n) is 0.425. The second-order valence-corrected chi connectivity index (χ2v) is 1.30. The first-order valence-electron chi connectivity index (χ1n) is 1.47. The molecule has 0 bridgehead atoms. The molecule has 34 valence electrons. The van der Waals surface area contributed by atoms with E-state index in [0.29, 0.717) is 4.64 Å². The van der Waals surface area contributed by atoms with Gasteiger partial charge in [-0.3, -0.25) is 5.10 Å². The van der Waals surface area contributed by atoms with Crippen molar-refractivity contribution in [3.05, 3.63) is 10.8 Å². The second-order valence-electron chi connectivity index (χ2n) is 0.859. The molecule has 5 heteroatoms. The van der Waals surface area contributed by atoms with Crippen molar-refractivity contribution >= 4 is 12.2 Å². The van der Waals surface area contributed by atoms with Crippen molar-refractivity contribution in [2.24, 2.45) is 0 Å². The predicted octanol–water partition coefficient (Wildman–Crippen LogP) is -2.42. The minimum atomic E-state index is 0. The molecule has 1 aromatic heterocycles. The molecule has 0 radical (unpaired) electrons. The SMILES string of the molecule is S=c1cn[nH][nH]1.[H-].[K+]. The molecule has 1 aromatic rings. The minimum Gasteiger partial charge on any atom is -1.00 e. The molecule has 0 amide bonds. The predicted molar refractivity (Wildman–Crippen MR) is 24.9 cm³/mol. The molecule has 0 spiro atoms. The van der Waals surface area contributed by atoms with E-state index in [-0.39, 0.29) is 52.8 Å². The molecule has 0 saturated carbocycles. The van der Waals surface area contributed by atoms with Crippen molar-refractivity contribution < 1.29 is 52.8 Å². The Morgan fingerprint density at radius 3 is 2.71 bits per heavy atom. The maximum atomic E-state index is 4.60. The average Bonchev–Trinajstić information content (AvgIpc) is 1.86. The van der Waals surface area contributed by atoms with Gasteiger partial charge in [0.25, 0.3) is 0 Å². The van der Waals surface area contributed by atoms with E-state index >= 15 is 0 Å². The summed E-state index contributed by atoms with van der Waals surface area (Å²) in [5, 5.41) is 8.57. The van der Waals surface area contributed by atoms with Gasteiger partial charge in [0.15, 0.2) is 0 Å². The molecule has 0 aliphatic carbocycles. The van der Waals surface area contributed by atoms with Crippen LogP contribution in [-0.2, 0) is 0 Å². The molecule has 7 heavy (non-hydrogen) atoms. The van der Waals surface area contributed by atoms with Crippen molar-refractivity contribution in [2.45, 2.75) is 0 Å². The van der Waals surface area contributed by atoms with Gasteiger partial charge in [-0.2, -0.15) is 5.10 Å². The summed E-state index contributed by atoms with van der Waals surface area (Å²) in [6.07, 6.45) is 1.54. The maximum Gasteiger partial charge on any atom is 1.00 e. The zero-order valence-electron chi connectivity index (χ0n) is 4.93. The molecular weight excluding hydrogens is 137 g/mol. The molecule has 0 unspecified atom stereocenters. The largest absolute Gasteiger partial charge is 1.00 e. The second kappa shape index (κ2) is 3.93. The Kier molecular flexibility index (Phi) is 4.49. The summed E-state index contributed by atoms with van der Waals surface area (Å²) < 4.78 is 0.634. The van der Waals surface area contributed by atoms with Gasteiger partial charge in [0.1, 0.15) is 4.64 Å². The summed E-state index contributed by atoms with van der Waals surface area (Å²) >= 11 is 4.60. The van der Waals surface area contributed by atoms with E-state index in [1.807, 2.05) is 0 Å². The Hall–Kier alpha value is 0.996. The summed E-state index contributed by atoms with van der Waals surface area (Å²) in [4.78, 5) is 0. The van der Waals surface area contributed by atoms with Gasteiger partial charge in [0.2, 0.25) is 0 Å². The number of hydrogen-bond acceptors (Lipinski definition) is 2. The van der Waals surface area contributed by atoms with Crippen molar-refractivity contribution in [2.75, 3.05) is 0 Å². The van der Waals surface area contributed by atoms with Crippen LogP contribution in [0.3, 0.4) is 0 Å². The van der Waals surface area contributed by atoms with Crippen LogP contribution in [0.1, 0.15) is 1.43 Å². The number of aromatic nitrogens is 3. The van der Waals surface area contributed by atoms with Gasteiger partial charge in [-0.05, 0) is 0 Å². The van der Waals surface area contributed by atoms with Crippen LogP contribution in [0.4, 0.5) is 0 Å². The van der Waals surface area contributed by atoms with Crippen LogP contribution in [0.2, 0.25) is 0 Å². The first-order chi connectivity index (χ1) is 2.89. The van der Waals surface area contributed by atoms with E-state index in [0.717, 1.165) is 0 Å². The molecule has 0 aromatic carbocycles. The Labute approximate surface area is 89.8 Å². The molecule has 1 rings (SSSR count). The van der Waals surface area contributed by atoms with Crippen molar-refractivity contribution in [1.82, 2.24) is 15.4 Å². The van der Waals surface area contributed by atoms with Crippen LogP contribution < -0.4 is 51.4 Å². The van der Waals surface area contributed by atoms with Gasteiger partial charge < -0.3 is 1.43 Å². The van der Waals surface area contributed by atoms with E-state index in [2.05, 4.69) is 27.6 Å². The third kappa shape index (κ3) is 2.73. The van der Waals surface area contributed by atoms with Crippen LogP contribution in [0.25, 0.3) is 0 Å². The molecule has 0 aliphatic heterocycles. The molecule has 2 N–H and O–H groups in total. The van der Waals surface area contributed by atoms with Crippen LogP contribution >= 0.6 is 12.2 Å². The number of nitrogens with one attached hydrogen (secondary N) is 2. The van der Waals surface area contributed by atoms with Crippen LogP contribution in [-0.4, -0.2) is 15.4 Å². The smallest absolute Gasteiger partial charge is 1.00 e. The number of rotatable bonds is 0. The summed E-state index contributed by atoms with van der Waals surface area (Å²) in [7, 11) is 0. The Bertz CT molecular complexity index is 155. The number of aromatic amines is 2. The molecule has 0 fully saturated rings. The molecule has 0 atom stereocenters. The fourth-order valence-corrected chi connectivity index (χ4v) is 0.309. The molecule has 0 saturated heterocycles. The first kappa shape index (κ1) is 8.00. The monoisotopic (exact) mass is 141 g/mol. The standard InChI is InChI=1S/C2H3N3S.K.H/c6-2-1-3-5-4-2;;/h1H,(H2,3,4,5,6);;/q;+1;-1. The minimum absolute atomic E-state index is 0. The zero-order valence-corrected chi connectivity index (χ0v) is 7.87. The number of nitrogens with zero attached hydrogens (tertiary/aromatic N) is 1. The van der Waals surface area contributed by atoms with Crippen molar-refractivity contribution in [3.63, 3.8) is 0 Å². The third-order valence-corrected chi connectivity index (χ3v) is 0.633. The summed E-state index contributed by atoms with van der Waals surface area (Å²) in [5.74, 6) is 0. The Morgan fingerprint density at radius 1 is 1.86 bits per heavy atom. The van der Waals surface area contributed by atoms with E-state index in [9.17, 15) is 0 Å².